The van der Waals surface area contributed by atoms with E-state index in [2.05, 4.69) is 15.0 Å². The van der Waals surface area contributed by atoms with Crippen LogP contribution in [-0.4, -0.2) is 48.0 Å². The Morgan fingerprint density at radius 1 is 1.28 bits per heavy atom. The Labute approximate surface area is 102 Å². The molecule has 2 aromatic heterocycles. The lowest BCUT2D eigenvalue weighted by Crippen LogP contribution is -2.30. The van der Waals surface area contributed by atoms with Gasteiger partial charge in [-0.25, -0.2) is 15.0 Å². The molecule has 96 valence electrons. The van der Waals surface area contributed by atoms with Crippen LogP contribution < -0.4 is 5.73 Å². The summed E-state index contributed by atoms with van der Waals surface area (Å²) < 4.78 is 7.05. The summed E-state index contributed by atoms with van der Waals surface area (Å²) in [6.45, 7) is 1.69. The topological polar surface area (TPSA) is 119 Å². The summed E-state index contributed by atoms with van der Waals surface area (Å²) in [5.74, 6) is 0.264. The number of hydrogen-bond acceptors (Lipinski definition) is 7. The fourth-order valence-corrected chi connectivity index (χ4v) is 2.11. The summed E-state index contributed by atoms with van der Waals surface area (Å²) in [6.07, 6.45) is -0.373. The molecule has 0 bridgehead atoms. The van der Waals surface area contributed by atoms with Crippen LogP contribution in [0.1, 0.15) is 13.2 Å². The van der Waals surface area contributed by atoms with Gasteiger partial charge in [-0.15, -0.1) is 0 Å². The molecule has 3 rings (SSSR count). The molecule has 1 aliphatic rings. The Balaban J connectivity index is 2.08. The van der Waals surface area contributed by atoms with Crippen molar-refractivity contribution in [3.05, 3.63) is 12.7 Å². The Bertz CT molecular complexity index is 586. The summed E-state index contributed by atoms with van der Waals surface area (Å²) in [4.78, 5) is 12.0. The van der Waals surface area contributed by atoms with Gasteiger partial charge in [0.05, 0.1) is 12.4 Å². The van der Waals surface area contributed by atoms with Crippen LogP contribution >= 0.6 is 0 Å². The van der Waals surface area contributed by atoms with Gasteiger partial charge in [-0.05, 0) is 6.92 Å². The number of nitrogens with zero attached hydrogens (tertiary/aromatic N) is 4. The molecular weight excluding hydrogens is 238 g/mol. The molecule has 0 amide bonds. The van der Waals surface area contributed by atoms with Crippen molar-refractivity contribution in [3.8, 4) is 0 Å². The van der Waals surface area contributed by atoms with Gasteiger partial charge in [-0.1, -0.05) is 0 Å². The number of aliphatic hydroxyl groups excluding tert-OH is 2. The monoisotopic (exact) mass is 251 g/mol. The lowest BCUT2D eigenvalue weighted by atomic mass is 10.1. The van der Waals surface area contributed by atoms with E-state index in [1.165, 1.54) is 12.7 Å². The molecule has 0 aromatic carbocycles. The Hall–Kier alpha value is -1.77. The second-order valence-electron chi connectivity index (χ2n) is 4.30. The molecule has 0 spiro atoms. The minimum absolute atomic E-state index is 0.264. The van der Waals surface area contributed by atoms with Crippen LogP contribution in [0, 0.1) is 0 Å². The molecule has 3 heterocycles. The maximum atomic E-state index is 9.93. The van der Waals surface area contributed by atoms with Gasteiger partial charge < -0.3 is 20.7 Å². The van der Waals surface area contributed by atoms with Gasteiger partial charge in [-0.3, -0.25) is 4.57 Å². The highest BCUT2D eigenvalue weighted by atomic mass is 16.6. The molecule has 1 aliphatic heterocycles. The van der Waals surface area contributed by atoms with Crippen molar-refractivity contribution in [2.24, 2.45) is 0 Å². The number of anilines is 1. The minimum atomic E-state index is -1.03. The highest BCUT2D eigenvalue weighted by Crippen LogP contribution is 2.31. The molecule has 18 heavy (non-hydrogen) atoms. The predicted octanol–water partition coefficient (Wildman–Crippen LogP) is -0.952. The highest BCUT2D eigenvalue weighted by Gasteiger charge is 2.41. The van der Waals surface area contributed by atoms with E-state index in [0.29, 0.717) is 11.2 Å². The van der Waals surface area contributed by atoms with E-state index >= 15 is 0 Å². The number of rotatable bonds is 1. The van der Waals surface area contributed by atoms with E-state index in [0.717, 1.165) is 0 Å². The third-order valence-electron chi connectivity index (χ3n) is 3.14. The minimum Gasteiger partial charge on any atom is -0.388 e. The number of aromatic nitrogens is 4. The summed E-state index contributed by atoms with van der Waals surface area (Å²) in [5.41, 5.74) is 6.59. The van der Waals surface area contributed by atoms with Crippen molar-refractivity contribution < 1.29 is 14.9 Å². The van der Waals surface area contributed by atoms with E-state index < -0.39 is 24.5 Å². The predicted molar refractivity (Wildman–Crippen MR) is 61.3 cm³/mol. The first-order chi connectivity index (χ1) is 8.59. The number of nitrogens with two attached hydrogens (primary N) is 1. The third kappa shape index (κ3) is 1.47. The van der Waals surface area contributed by atoms with E-state index in [4.69, 9.17) is 10.5 Å². The number of ether oxygens (including phenoxy) is 1. The van der Waals surface area contributed by atoms with Gasteiger partial charge in [0.25, 0.3) is 0 Å². The van der Waals surface area contributed by atoms with Crippen LogP contribution in [-0.2, 0) is 4.74 Å². The average molecular weight is 251 g/mol. The third-order valence-corrected chi connectivity index (χ3v) is 3.14. The zero-order valence-electron chi connectivity index (χ0n) is 9.63. The van der Waals surface area contributed by atoms with Gasteiger partial charge in [0.2, 0.25) is 0 Å². The largest absolute Gasteiger partial charge is 0.388 e. The second kappa shape index (κ2) is 3.87. The molecular formula is C10H13N5O3. The molecule has 0 aliphatic carbocycles. The van der Waals surface area contributed by atoms with Gasteiger partial charge in [0.15, 0.2) is 17.7 Å². The summed E-state index contributed by atoms with van der Waals surface area (Å²) in [7, 11) is 0. The maximum absolute atomic E-state index is 9.93. The summed E-state index contributed by atoms with van der Waals surface area (Å²) >= 11 is 0. The van der Waals surface area contributed by atoms with E-state index in [-0.39, 0.29) is 5.82 Å². The molecule has 8 heteroatoms. The maximum Gasteiger partial charge on any atom is 0.167 e. The van der Waals surface area contributed by atoms with Gasteiger partial charge in [0, 0.05) is 0 Å². The van der Waals surface area contributed by atoms with Crippen LogP contribution in [0.5, 0.6) is 0 Å². The number of aliphatic hydroxyl groups is 2. The first kappa shape index (κ1) is 11.3. The first-order valence-corrected chi connectivity index (χ1v) is 5.54. The Morgan fingerprint density at radius 3 is 2.72 bits per heavy atom. The zero-order chi connectivity index (χ0) is 12.9. The second-order valence-corrected chi connectivity index (χ2v) is 4.30. The Kier molecular flexibility index (Phi) is 2.44. The van der Waals surface area contributed by atoms with Crippen molar-refractivity contribution in [3.63, 3.8) is 0 Å². The lowest BCUT2D eigenvalue weighted by Gasteiger charge is -2.16. The van der Waals surface area contributed by atoms with Gasteiger partial charge in [0.1, 0.15) is 24.1 Å². The van der Waals surface area contributed by atoms with E-state index in [1.807, 2.05) is 0 Å². The van der Waals surface area contributed by atoms with Crippen molar-refractivity contribution in [1.29, 1.82) is 0 Å². The van der Waals surface area contributed by atoms with E-state index in [9.17, 15) is 10.2 Å². The number of nitrogen functional groups attached to an aromatic ring is 1. The smallest absolute Gasteiger partial charge is 0.167 e. The van der Waals surface area contributed by atoms with Gasteiger partial charge >= 0.3 is 0 Å². The van der Waals surface area contributed by atoms with E-state index in [1.54, 1.807) is 11.5 Å². The van der Waals surface area contributed by atoms with Crippen LogP contribution in [0.2, 0.25) is 0 Å². The molecule has 1 unspecified atom stereocenters. The van der Waals surface area contributed by atoms with Crippen molar-refractivity contribution >= 4 is 17.0 Å². The van der Waals surface area contributed by atoms with Gasteiger partial charge in [-0.2, -0.15) is 0 Å². The normalized spacial score (nSPS) is 32.2. The highest BCUT2D eigenvalue weighted by molar-refractivity contribution is 5.81. The van der Waals surface area contributed by atoms with Crippen LogP contribution in [0.25, 0.3) is 11.2 Å². The molecule has 4 atom stereocenters. The fraction of sp³-hybridized carbons (Fsp3) is 0.500. The zero-order valence-corrected chi connectivity index (χ0v) is 9.63. The fourth-order valence-electron chi connectivity index (χ4n) is 2.11. The molecule has 4 N–H and O–H groups in total. The molecule has 2 aromatic rings. The summed E-state index contributed by atoms with van der Waals surface area (Å²) in [6, 6.07) is 0. The SMILES string of the molecule is C[C@H]1OC(n2cnc3c(N)ncnc32)[C@H](O)[C@H]1O. The molecule has 1 saturated heterocycles. The number of hydrogen-bond donors (Lipinski definition) is 3. The first-order valence-electron chi connectivity index (χ1n) is 5.54. The lowest BCUT2D eigenvalue weighted by molar-refractivity contribution is -0.0299. The molecule has 1 fully saturated rings. The van der Waals surface area contributed by atoms with Crippen LogP contribution in [0.4, 0.5) is 5.82 Å². The van der Waals surface area contributed by atoms with Crippen molar-refractivity contribution in [1.82, 2.24) is 19.5 Å². The standard InChI is InChI=1S/C10H13N5O3/c1-4-6(16)7(17)10(18-4)15-3-14-5-8(11)12-2-13-9(5)15/h2-4,6-7,10,16-17H,1H3,(H2,11,12,13)/t4-,6+,7-,10?/m1/s1. The summed E-state index contributed by atoms with van der Waals surface area (Å²) in [5, 5.41) is 19.6. The molecule has 8 nitrogen and oxygen atoms in total. The Morgan fingerprint density at radius 2 is 2.06 bits per heavy atom. The quantitative estimate of drug-likeness (QED) is 0.597. The van der Waals surface area contributed by atoms with Crippen LogP contribution in [0.15, 0.2) is 12.7 Å². The number of fused-ring (bicyclic) bond motifs is 1. The van der Waals surface area contributed by atoms with Crippen LogP contribution in [0.3, 0.4) is 0 Å². The van der Waals surface area contributed by atoms with Crippen molar-refractivity contribution in [2.45, 2.75) is 31.5 Å². The van der Waals surface area contributed by atoms with Crippen molar-refractivity contribution in [2.75, 3.05) is 5.73 Å². The molecule has 0 radical (unpaired) electrons. The molecule has 0 saturated carbocycles. The average Bonchev–Trinajstić information content (AvgIpc) is 2.88. The number of imidazole rings is 1.